The molecule has 0 unspecified atom stereocenters. The number of benzene rings is 2. The van der Waals surface area contributed by atoms with E-state index in [-0.39, 0.29) is 12.6 Å². The highest BCUT2D eigenvalue weighted by molar-refractivity contribution is 7.54. The van der Waals surface area contributed by atoms with Crippen molar-refractivity contribution >= 4 is 13.3 Å². The van der Waals surface area contributed by atoms with Gasteiger partial charge in [0, 0.05) is 14.2 Å². The van der Waals surface area contributed by atoms with Crippen LogP contribution in [-0.4, -0.2) is 33.6 Å². The summed E-state index contributed by atoms with van der Waals surface area (Å²) >= 11 is 0. The molecule has 2 atom stereocenters. The molecule has 1 saturated heterocycles. The molecule has 2 aromatic rings. The number of hydrogen-bond donors (Lipinski definition) is 0. The van der Waals surface area contributed by atoms with E-state index < -0.39 is 13.3 Å². The van der Waals surface area contributed by atoms with Crippen molar-refractivity contribution in [3.63, 3.8) is 0 Å². The van der Waals surface area contributed by atoms with Crippen molar-refractivity contribution < 1.29 is 23.2 Å². The first kappa shape index (κ1) is 18.0. The molecule has 134 valence electrons. The molecule has 1 heterocycles. The Bertz CT molecular complexity index is 729. The minimum absolute atomic E-state index is 0.241. The molecule has 0 N–H and O–H groups in total. The zero-order valence-corrected chi connectivity index (χ0v) is 15.4. The predicted octanol–water partition coefficient (Wildman–Crippen LogP) is 4.04. The van der Waals surface area contributed by atoms with Crippen LogP contribution in [0.4, 0.5) is 5.69 Å². The van der Waals surface area contributed by atoms with E-state index in [1.165, 1.54) is 14.2 Å². The predicted molar refractivity (Wildman–Crippen MR) is 96.0 cm³/mol. The molecule has 0 amide bonds. The largest absolute Gasteiger partial charge is 0.497 e. The number of ether oxygens (including phenoxy) is 1. The van der Waals surface area contributed by atoms with Gasteiger partial charge in [0.1, 0.15) is 11.4 Å². The van der Waals surface area contributed by atoms with Gasteiger partial charge in [-0.3, -0.25) is 9.40 Å². The normalized spacial score (nSPS) is 20.7. The van der Waals surface area contributed by atoms with Gasteiger partial charge in [-0.15, -0.1) is 0 Å². The first-order valence-corrected chi connectivity index (χ1v) is 9.56. The van der Waals surface area contributed by atoms with Crippen LogP contribution in [0.3, 0.4) is 0 Å². The molecule has 0 radical (unpaired) electrons. The van der Waals surface area contributed by atoms with Gasteiger partial charge in [0.05, 0.1) is 25.4 Å². The monoisotopic (exact) mass is 363 g/mol. The summed E-state index contributed by atoms with van der Waals surface area (Å²) < 4.78 is 28.8. The smallest absolute Gasteiger partial charge is 0.338 e. The maximum Gasteiger partial charge on any atom is 0.338 e. The fraction of sp³-hybridized carbons (Fsp3) is 0.333. The van der Waals surface area contributed by atoms with Crippen molar-refractivity contribution in [2.45, 2.75) is 11.7 Å². The Kier molecular flexibility index (Phi) is 5.45. The second-order valence-electron chi connectivity index (χ2n) is 5.65. The van der Waals surface area contributed by atoms with E-state index in [1.54, 1.807) is 12.2 Å². The lowest BCUT2D eigenvalue weighted by molar-refractivity contribution is 0.157. The average molecular weight is 363 g/mol. The van der Waals surface area contributed by atoms with Gasteiger partial charge < -0.3 is 13.8 Å². The number of hydroxylamine groups is 1. The third-order valence-electron chi connectivity index (χ3n) is 4.38. The topological polar surface area (TPSA) is 57.2 Å². The van der Waals surface area contributed by atoms with Gasteiger partial charge in [-0.25, -0.2) is 5.06 Å². The molecular formula is C18H22NO5P. The van der Waals surface area contributed by atoms with Crippen molar-refractivity contribution in [1.82, 2.24) is 0 Å². The molecule has 0 bridgehead atoms. The SMILES string of the molecule is COc1ccc([C@H]2[C@H](P(=O)(OC)OC)CON2c2ccccc2)cc1. The standard InChI is InChI=1S/C18H22NO5P/c1-21-16-11-9-14(10-12-16)18-17(25(20,22-2)23-3)13-24-19(18)15-7-5-4-6-8-15/h4-12,17-18H,13H2,1-3H3/t17-,18+/m1/s1. The van der Waals surface area contributed by atoms with Gasteiger partial charge in [-0.05, 0) is 29.8 Å². The fourth-order valence-corrected chi connectivity index (χ4v) is 4.64. The van der Waals surface area contributed by atoms with Crippen molar-refractivity contribution in [3.05, 3.63) is 60.2 Å². The maximum absolute atomic E-state index is 13.1. The van der Waals surface area contributed by atoms with E-state index in [9.17, 15) is 4.57 Å². The van der Waals surface area contributed by atoms with Crippen LogP contribution in [-0.2, 0) is 18.5 Å². The number of hydrogen-bond acceptors (Lipinski definition) is 6. The Morgan fingerprint density at radius 3 is 2.20 bits per heavy atom. The lowest BCUT2D eigenvalue weighted by atomic mass is 10.0. The molecule has 6 nitrogen and oxygen atoms in total. The average Bonchev–Trinajstić information content (AvgIpc) is 3.14. The second kappa shape index (κ2) is 7.58. The second-order valence-corrected chi connectivity index (χ2v) is 8.12. The lowest BCUT2D eigenvalue weighted by Gasteiger charge is -2.29. The fourth-order valence-electron chi connectivity index (χ4n) is 3.06. The Morgan fingerprint density at radius 2 is 1.64 bits per heavy atom. The van der Waals surface area contributed by atoms with E-state index >= 15 is 0 Å². The molecule has 0 saturated carbocycles. The molecule has 0 aromatic heterocycles. The number of rotatable bonds is 6. The van der Waals surface area contributed by atoms with Gasteiger partial charge in [0.15, 0.2) is 0 Å². The summed E-state index contributed by atoms with van der Waals surface area (Å²) in [5.41, 5.74) is 1.38. The molecule has 2 aromatic carbocycles. The van der Waals surface area contributed by atoms with Crippen molar-refractivity contribution in [2.75, 3.05) is 33.0 Å². The van der Waals surface area contributed by atoms with E-state index in [0.717, 1.165) is 17.0 Å². The molecule has 1 fully saturated rings. The molecule has 0 spiro atoms. The molecular weight excluding hydrogens is 341 g/mol. The van der Waals surface area contributed by atoms with Crippen molar-refractivity contribution in [3.8, 4) is 5.75 Å². The molecule has 3 rings (SSSR count). The molecule has 1 aliphatic rings. The van der Waals surface area contributed by atoms with E-state index in [2.05, 4.69) is 0 Å². The first-order valence-electron chi connectivity index (χ1n) is 7.95. The van der Waals surface area contributed by atoms with Gasteiger partial charge >= 0.3 is 7.60 Å². The van der Waals surface area contributed by atoms with Crippen LogP contribution in [0.5, 0.6) is 5.75 Å². The van der Waals surface area contributed by atoms with E-state index in [4.69, 9.17) is 18.6 Å². The van der Waals surface area contributed by atoms with E-state index in [1.807, 2.05) is 54.6 Å². The van der Waals surface area contributed by atoms with Gasteiger partial charge in [-0.2, -0.15) is 0 Å². The minimum atomic E-state index is -3.32. The molecule has 25 heavy (non-hydrogen) atoms. The molecule has 7 heteroatoms. The number of para-hydroxylation sites is 1. The third kappa shape index (κ3) is 3.44. The van der Waals surface area contributed by atoms with Crippen LogP contribution < -0.4 is 9.80 Å². The maximum atomic E-state index is 13.1. The Labute approximate surface area is 147 Å². The highest BCUT2D eigenvalue weighted by atomic mass is 31.2. The molecule has 1 aliphatic heterocycles. The minimum Gasteiger partial charge on any atom is -0.497 e. The number of nitrogens with zero attached hydrogens (tertiary/aromatic N) is 1. The van der Waals surface area contributed by atoms with Crippen LogP contribution in [0, 0.1) is 0 Å². The van der Waals surface area contributed by atoms with Crippen molar-refractivity contribution in [1.29, 1.82) is 0 Å². The van der Waals surface area contributed by atoms with Gasteiger partial charge in [0.2, 0.25) is 0 Å². The van der Waals surface area contributed by atoms with Crippen LogP contribution in [0.2, 0.25) is 0 Å². The van der Waals surface area contributed by atoms with Crippen LogP contribution >= 0.6 is 7.60 Å². The molecule has 0 aliphatic carbocycles. The summed E-state index contributed by atoms with van der Waals surface area (Å²) in [6, 6.07) is 17.0. The highest BCUT2D eigenvalue weighted by Crippen LogP contribution is 2.59. The summed E-state index contributed by atoms with van der Waals surface area (Å²) in [6.45, 7) is 0.241. The summed E-state index contributed by atoms with van der Waals surface area (Å²) in [5, 5.41) is 1.77. The summed E-state index contributed by atoms with van der Waals surface area (Å²) in [5.74, 6) is 0.757. The van der Waals surface area contributed by atoms with Crippen LogP contribution in [0.15, 0.2) is 54.6 Å². The number of methoxy groups -OCH3 is 1. The Morgan fingerprint density at radius 1 is 1.00 bits per heavy atom. The van der Waals surface area contributed by atoms with Crippen LogP contribution in [0.1, 0.15) is 11.6 Å². The lowest BCUT2D eigenvalue weighted by Crippen LogP contribution is -2.27. The quantitative estimate of drug-likeness (QED) is 0.722. The van der Waals surface area contributed by atoms with Crippen LogP contribution in [0.25, 0.3) is 0 Å². The summed E-state index contributed by atoms with van der Waals surface area (Å²) in [7, 11) is 1.10. The zero-order chi connectivity index (χ0) is 17.9. The zero-order valence-electron chi connectivity index (χ0n) is 14.5. The summed E-state index contributed by atoms with van der Waals surface area (Å²) in [4.78, 5) is 5.89. The van der Waals surface area contributed by atoms with Crippen molar-refractivity contribution in [2.24, 2.45) is 0 Å². The third-order valence-corrected chi connectivity index (χ3v) is 6.65. The number of anilines is 1. The first-order chi connectivity index (χ1) is 12.1. The Balaban J connectivity index is 2.03. The van der Waals surface area contributed by atoms with Gasteiger partial charge in [-0.1, -0.05) is 30.3 Å². The Hall–Kier alpha value is -1.85. The summed E-state index contributed by atoms with van der Waals surface area (Å²) in [6.07, 6.45) is 0. The van der Waals surface area contributed by atoms with Gasteiger partial charge in [0.25, 0.3) is 0 Å². The highest BCUT2D eigenvalue weighted by Gasteiger charge is 2.49. The van der Waals surface area contributed by atoms with E-state index in [0.29, 0.717) is 0 Å².